The second kappa shape index (κ2) is 6.75. The number of amides is 1. The molecule has 2 heterocycles. The number of rotatable bonds is 4. The van der Waals surface area contributed by atoms with Crippen LogP contribution in [0.1, 0.15) is 40.6 Å². The van der Waals surface area contributed by atoms with Gasteiger partial charge in [0.2, 0.25) is 0 Å². The average molecular weight is 312 g/mol. The first kappa shape index (κ1) is 15.4. The molecule has 3 N–H and O–H groups in total. The number of hydrogen-bond donors (Lipinski definition) is 2. The summed E-state index contributed by atoms with van der Waals surface area (Å²) in [5.74, 6) is 0.0326. The van der Waals surface area contributed by atoms with E-state index in [1.54, 1.807) is 0 Å². The summed E-state index contributed by atoms with van der Waals surface area (Å²) >= 11 is 0. The minimum absolute atomic E-state index is 0.0260. The van der Waals surface area contributed by atoms with Crippen molar-refractivity contribution in [1.82, 2.24) is 9.97 Å². The van der Waals surface area contributed by atoms with Crippen LogP contribution in [0.2, 0.25) is 0 Å². The quantitative estimate of drug-likeness (QED) is 0.903. The van der Waals surface area contributed by atoms with Gasteiger partial charge in [0.25, 0.3) is 5.91 Å². The van der Waals surface area contributed by atoms with Gasteiger partial charge < -0.3 is 15.8 Å². The maximum Gasteiger partial charge on any atom is 0.268 e. The molecule has 1 amide bonds. The molecule has 23 heavy (non-hydrogen) atoms. The van der Waals surface area contributed by atoms with Crippen molar-refractivity contribution in [3.8, 4) is 0 Å². The number of carbonyl (C=O) groups excluding carboxylic acids is 1. The molecule has 1 fully saturated rings. The third kappa shape index (κ3) is 3.65. The normalized spacial score (nSPS) is 20.9. The second-order valence-corrected chi connectivity index (χ2v) is 5.75. The lowest BCUT2D eigenvalue weighted by molar-refractivity contribution is 0.00554. The summed E-state index contributed by atoms with van der Waals surface area (Å²) in [6.07, 6.45) is 4.86. The molecule has 3 rings (SSSR count). The third-order valence-corrected chi connectivity index (χ3v) is 3.97. The highest BCUT2D eigenvalue weighted by molar-refractivity contribution is 5.90. The molecule has 1 aliphatic heterocycles. The molecular weight excluding hydrogens is 292 g/mol. The van der Waals surface area contributed by atoms with Crippen molar-refractivity contribution in [3.63, 3.8) is 0 Å². The van der Waals surface area contributed by atoms with Crippen molar-refractivity contribution >= 4 is 11.7 Å². The summed E-state index contributed by atoms with van der Waals surface area (Å²) < 4.78 is 5.97. The minimum Gasteiger partial charge on any atom is -0.371 e. The molecule has 6 heteroatoms. The summed E-state index contributed by atoms with van der Waals surface area (Å²) in [7, 11) is 0. The highest BCUT2D eigenvalue weighted by atomic mass is 16.5. The largest absolute Gasteiger partial charge is 0.371 e. The lowest BCUT2D eigenvalue weighted by Crippen LogP contribution is -2.34. The van der Waals surface area contributed by atoms with Gasteiger partial charge in [0.15, 0.2) is 0 Å². The van der Waals surface area contributed by atoms with Crippen LogP contribution >= 0.6 is 0 Å². The molecule has 2 unspecified atom stereocenters. The Bertz CT molecular complexity index is 670. The number of hydrogen-bond acceptors (Lipinski definition) is 5. The van der Waals surface area contributed by atoms with Crippen molar-refractivity contribution in [2.24, 2.45) is 5.73 Å². The van der Waals surface area contributed by atoms with Crippen LogP contribution in [0.15, 0.2) is 36.7 Å². The van der Waals surface area contributed by atoms with Crippen LogP contribution in [-0.2, 0) is 4.74 Å². The number of nitrogens with zero attached hydrogens (tertiary/aromatic N) is 2. The lowest BCUT2D eigenvalue weighted by atomic mass is 9.95. The molecule has 1 saturated heterocycles. The number of nitrogens with two attached hydrogens (primary N) is 1. The maximum absolute atomic E-state index is 11.0. The number of anilines is 1. The van der Waals surface area contributed by atoms with Crippen molar-refractivity contribution < 1.29 is 9.53 Å². The fourth-order valence-corrected chi connectivity index (χ4v) is 2.73. The van der Waals surface area contributed by atoms with Crippen LogP contribution in [-0.4, -0.2) is 28.5 Å². The van der Waals surface area contributed by atoms with Crippen LogP contribution in [0.25, 0.3) is 0 Å². The second-order valence-electron chi connectivity index (χ2n) is 5.75. The molecule has 2 atom stereocenters. The first-order valence-corrected chi connectivity index (χ1v) is 7.70. The van der Waals surface area contributed by atoms with Gasteiger partial charge in [0.1, 0.15) is 17.6 Å². The van der Waals surface area contributed by atoms with Gasteiger partial charge in [-0.15, -0.1) is 0 Å². The smallest absolute Gasteiger partial charge is 0.268 e. The van der Waals surface area contributed by atoms with E-state index in [4.69, 9.17) is 10.5 Å². The number of aromatic nitrogens is 2. The molecule has 1 aromatic heterocycles. The van der Waals surface area contributed by atoms with Gasteiger partial charge in [-0.1, -0.05) is 29.8 Å². The molecule has 0 aliphatic carbocycles. The first-order valence-electron chi connectivity index (χ1n) is 7.70. The zero-order chi connectivity index (χ0) is 16.2. The van der Waals surface area contributed by atoms with Crippen molar-refractivity contribution in [3.05, 3.63) is 53.5 Å². The molecule has 0 spiro atoms. The van der Waals surface area contributed by atoms with Gasteiger partial charge in [0, 0.05) is 6.61 Å². The van der Waals surface area contributed by atoms with E-state index >= 15 is 0 Å². The Labute approximate surface area is 135 Å². The molecule has 2 aromatic rings. The summed E-state index contributed by atoms with van der Waals surface area (Å²) in [4.78, 5) is 19.3. The Kier molecular flexibility index (Phi) is 4.52. The Hall–Kier alpha value is -2.47. The maximum atomic E-state index is 11.0. The van der Waals surface area contributed by atoms with E-state index in [-0.39, 0.29) is 17.8 Å². The first-order chi connectivity index (χ1) is 11.1. The van der Waals surface area contributed by atoms with Crippen molar-refractivity contribution in [2.45, 2.75) is 31.9 Å². The minimum atomic E-state index is -0.581. The molecule has 120 valence electrons. The van der Waals surface area contributed by atoms with Crippen molar-refractivity contribution in [1.29, 1.82) is 0 Å². The van der Waals surface area contributed by atoms with Gasteiger partial charge in [-0.2, -0.15) is 0 Å². The molecule has 6 nitrogen and oxygen atoms in total. The number of ether oxygens (including phenoxy) is 1. The molecule has 0 radical (unpaired) electrons. The van der Waals surface area contributed by atoms with E-state index in [0.717, 1.165) is 25.0 Å². The predicted octanol–water partition coefficient (Wildman–Crippen LogP) is 2.22. The Morgan fingerprint density at radius 3 is 2.70 bits per heavy atom. The standard InChI is InChI=1S/C17H20N4O2/c1-11-4-6-12(7-5-11)16-13(3-2-8-23-16)21-15-10-19-14(9-20-15)17(18)22/h4-7,9-10,13,16H,2-3,8H2,1H3,(H2,18,22)(H,20,21). The summed E-state index contributed by atoms with van der Waals surface area (Å²) in [5.41, 5.74) is 7.71. The Morgan fingerprint density at radius 2 is 2.04 bits per heavy atom. The average Bonchev–Trinajstić information content (AvgIpc) is 2.57. The van der Waals surface area contributed by atoms with Crippen LogP contribution in [0.4, 0.5) is 5.82 Å². The number of carbonyl (C=O) groups is 1. The highest BCUT2D eigenvalue weighted by Crippen LogP contribution is 2.30. The fourth-order valence-electron chi connectivity index (χ4n) is 2.73. The summed E-state index contributed by atoms with van der Waals surface area (Å²) in [5, 5.41) is 3.36. The van der Waals surface area contributed by atoms with E-state index in [1.165, 1.54) is 18.0 Å². The summed E-state index contributed by atoms with van der Waals surface area (Å²) in [6.45, 7) is 2.82. The summed E-state index contributed by atoms with van der Waals surface area (Å²) in [6, 6.07) is 8.49. The van der Waals surface area contributed by atoms with E-state index < -0.39 is 5.91 Å². The van der Waals surface area contributed by atoms with Gasteiger partial charge in [-0.3, -0.25) is 4.79 Å². The van der Waals surface area contributed by atoms with E-state index in [0.29, 0.717) is 5.82 Å². The molecule has 0 bridgehead atoms. The molecule has 0 saturated carbocycles. The molecule has 1 aromatic carbocycles. The van der Waals surface area contributed by atoms with Gasteiger partial charge in [0.05, 0.1) is 18.4 Å². The zero-order valence-corrected chi connectivity index (χ0v) is 13.0. The highest BCUT2D eigenvalue weighted by Gasteiger charge is 2.27. The number of aryl methyl sites for hydroxylation is 1. The fraction of sp³-hybridized carbons (Fsp3) is 0.353. The van der Waals surface area contributed by atoms with Gasteiger partial charge in [-0.05, 0) is 25.3 Å². The van der Waals surface area contributed by atoms with Crippen LogP contribution < -0.4 is 11.1 Å². The SMILES string of the molecule is Cc1ccc(C2OCCCC2Nc2cnc(C(N)=O)cn2)cc1. The van der Waals surface area contributed by atoms with Crippen LogP contribution in [0.3, 0.4) is 0 Å². The van der Waals surface area contributed by atoms with E-state index in [1.807, 2.05) is 0 Å². The number of benzene rings is 1. The van der Waals surface area contributed by atoms with E-state index in [9.17, 15) is 4.79 Å². The van der Waals surface area contributed by atoms with Crippen LogP contribution in [0, 0.1) is 6.92 Å². The van der Waals surface area contributed by atoms with Crippen LogP contribution in [0.5, 0.6) is 0 Å². The number of nitrogens with one attached hydrogen (secondary N) is 1. The monoisotopic (exact) mass is 312 g/mol. The Morgan fingerprint density at radius 1 is 1.26 bits per heavy atom. The topological polar surface area (TPSA) is 90.1 Å². The van der Waals surface area contributed by atoms with Gasteiger partial charge >= 0.3 is 0 Å². The lowest BCUT2D eigenvalue weighted by Gasteiger charge is -2.33. The van der Waals surface area contributed by atoms with Crippen molar-refractivity contribution in [2.75, 3.05) is 11.9 Å². The molecular formula is C17H20N4O2. The molecule has 1 aliphatic rings. The van der Waals surface area contributed by atoms with E-state index in [2.05, 4.69) is 46.5 Å². The third-order valence-electron chi connectivity index (χ3n) is 3.97. The zero-order valence-electron chi connectivity index (χ0n) is 13.0. The van der Waals surface area contributed by atoms with Gasteiger partial charge in [-0.25, -0.2) is 9.97 Å². The predicted molar refractivity (Wildman–Crippen MR) is 87.1 cm³/mol. The number of primary amides is 1. The Balaban J connectivity index is 1.76.